The molecule has 0 spiro atoms. The van der Waals surface area contributed by atoms with E-state index in [1.165, 1.54) is 12.5 Å². The standard InChI is InChI=1S/C23H25N5O4/c1-2-31-21-11-7-6-10-18(21)13-26-28-22(29)20(12-19-14-24-16-25-19)27-23(30)32-15-17-8-4-3-5-9-17/h3-11,13-14,16,20H,2,12,15H2,1H3,(H,24,25)(H,27,30)(H,28,29)/b26-13-/t20-/m1/s1. The van der Waals surface area contributed by atoms with Crippen molar-refractivity contribution in [2.24, 2.45) is 5.10 Å². The molecule has 0 saturated carbocycles. The van der Waals surface area contributed by atoms with E-state index in [-0.39, 0.29) is 13.0 Å². The Bertz CT molecular complexity index is 1020. The number of nitrogens with zero attached hydrogens (tertiary/aromatic N) is 2. The van der Waals surface area contributed by atoms with Crippen molar-refractivity contribution in [1.82, 2.24) is 20.7 Å². The number of carbonyl (C=O) groups is 2. The lowest BCUT2D eigenvalue weighted by Crippen LogP contribution is -2.47. The topological polar surface area (TPSA) is 118 Å². The Morgan fingerprint density at radius 3 is 2.69 bits per heavy atom. The second-order valence-electron chi connectivity index (χ2n) is 6.74. The summed E-state index contributed by atoms with van der Waals surface area (Å²) < 4.78 is 10.8. The first-order valence-corrected chi connectivity index (χ1v) is 10.1. The summed E-state index contributed by atoms with van der Waals surface area (Å²) in [6, 6.07) is 15.7. The van der Waals surface area contributed by atoms with Crippen LogP contribution in [0.4, 0.5) is 4.79 Å². The zero-order valence-corrected chi connectivity index (χ0v) is 17.7. The van der Waals surface area contributed by atoms with Gasteiger partial charge in [-0.15, -0.1) is 0 Å². The predicted molar refractivity (Wildman–Crippen MR) is 119 cm³/mol. The van der Waals surface area contributed by atoms with E-state index in [0.717, 1.165) is 11.1 Å². The second-order valence-corrected chi connectivity index (χ2v) is 6.74. The third kappa shape index (κ3) is 6.98. The van der Waals surface area contributed by atoms with E-state index in [1.54, 1.807) is 6.20 Å². The number of nitrogens with one attached hydrogen (secondary N) is 3. The van der Waals surface area contributed by atoms with Crippen LogP contribution < -0.4 is 15.5 Å². The lowest BCUT2D eigenvalue weighted by Gasteiger charge is -2.16. The lowest BCUT2D eigenvalue weighted by molar-refractivity contribution is -0.123. The number of alkyl carbamates (subject to hydrolysis) is 1. The van der Waals surface area contributed by atoms with E-state index >= 15 is 0 Å². The first-order chi connectivity index (χ1) is 15.7. The van der Waals surface area contributed by atoms with Crippen molar-refractivity contribution < 1.29 is 19.1 Å². The molecule has 3 aromatic rings. The van der Waals surface area contributed by atoms with Gasteiger partial charge in [0.05, 0.1) is 19.1 Å². The number of carbonyl (C=O) groups excluding carboxylic acids is 2. The summed E-state index contributed by atoms with van der Waals surface area (Å²) in [5.41, 5.74) is 4.70. The van der Waals surface area contributed by atoms with E-state index in [9.17, 15) is 9.59 Å². The number of hydrogen-bond donors (Lipinski definition) is 3. The number of aromatic amines is 1. The Morgan fingerprint density at radius 1 is 1.16 bits per heavy atom. The number of rotatable bonds is 10. The first-order valence-electron chi connectivity index (χ1n) is 10.1. The molecule has 0 fully saturated rings. The van der Waals surface area contributed by atoms with Crippen LogP contribution in [-0.2, 0) is 22.6 Å². The Morgan fingerprint density at radius 2 is 1.94 bits per heavy atom. The third-order valence-corrected chi connectivity index (χ3v) is 4.40. The minimum absolute atomic E-state index is 0.0947. The maximum absolute atomic E-state index is 12.7. The Labute approximate surface area is 185 Å². The van der Waals surface area contributed by atoms with Crippen molar-refractivity contribution in [2.45, 2.75) is 26.0 Å². The molecule has 1 atom stereocenters. The van der Waals surface area contributed by atoms with Gasteiger partial charge in [0.1, 0.15) is 18.4 Å². The van der Waals surface area contributed by atoms with Crippen LogP contribution in [0.3, 0.4) is 0 Å². The monoisotopic (exact) mass is 435 g/mol. The summed E-state index contributed by atoms with van der Waals surface area (Å²) >= 11 is 0. The van der Waals surface area contributed by atoms with Crippen LogP contribution in [0.15, 0.2) is 72.2 Å². The molecule has 3 N–H and O–H groups in total. The van der Waals surface area contributed by atoms with E-state index < -0.39 is 18.0 Å². The molecular weight excluding hydrogens is 410 g/mol. The molecule has 0 aliphatic heterocycles. The predicted octanol–water partition coefficient (Wildman–Crippen LogP) is 2.80. The van der Waals surface area contributed by atoms with E-state index in [0.29, 0.717) is 18.1 Å². The minimum atomic E-state index is -0.919. The minimum Gasteiger partial charge on any atom is -0.493 e. The molecule has 9 nitrogen and oxygen atoms in total. The average molecular weight is 435 g/mol. The average Bonchev–Trinajstić information content (AvgIpc) is 3.32. The highest BCUT2D eigenvalue weighted by atomic mass is 16.5. The molecule has 0 unspecified atom stereocenters. The summed E-state index contributed by atoms with van der Waals surface area (Å²) in [4.78, 5) is 31.9. The molecule has 9 heteroatoms. The van der Waals surface area contributed by atoms with Gasteiger partial charge in [0, 0.05) is 23.9 Å². The van der Waals surface area contributed by atoms with Gasteiger partial charge in [0.25, 0.3) is 5.91 Å². The molecule has 3 rings (SSSR count). The van der Waals surface area contributed by atoms with Gasteiger partial charge >= 0.3 is 6.09 Å². The Hall–Kier alpha value is -4.14. The van der Waals surface area contributed by atoms with E-state index in [4.69, 9.17) is 9.47 Å². The molecule has 166 valence electrons. The number of imidazole rings is 1. The van der Waals surface area contributed by atoms with E-state index in [2.05, 4.69) is 25.8 Å². The highest BCUT2D eigenvalue weighted by Gasteiger charge is 2.22. The van der Waals surface area contributed by atoms with Crippen LogP contribution in [0.25, 0.3) is 0 Å². The van der Waals surface area contributed by atoms with Crippen LogP contribution in [0, 0.1) is 0 Å². The molecule has 2 aromatic carbocycles. The number of benzene rings is 2. The smallest absolute Gasteiger partial charge is 0.408 e. The normalized spacial score (nSPS) is 11.7. The Balaban J connectivity index is 1.61. The van der Waals surface area contributed by atoms with Crippen LogP contribution >= 0.6 is 0 Å². The summed E-state index contributed by atoms with van der Waals surface area (Å²) in [6.45, 7) is 2.49. The number of hydrazone groups is 1. The van der Waals surface area contributed by atoms with Crippen molar-refractivity contribution in [2.75, 3.05) is 6.61 Å². The molecule has 32 heavy (non-hydrogen) atoms. The number of H-pyrrole nitrogens is 1. The Kier molecular flexibility index (Phi) is 8.38. The molecule has 0 radical (unpaired) electrons. The quantitative estimate of drug-likeness (QED) is 0.334. The van der Waals surface area contributed by atoms with Gasteiger partial charge in [-0.3, -0.25) is 4.79 Å². The van der Waals surface area contributed by atoms with Crippen LogP contribution in [0.5, 0.6) is 5.75 Å². The zero-order chi connectivity index (χ0) is 22.6. The van der Waals surface area contributed by atoms with Gasteiger partial charge in [-0.2, -0.15) is 5.10 Å². The molecule has 2 amide bonds. The van der Waals surface area contributed by atoms with Crippen LogP contribution in [-0.4, -0.2) is 40.8 Å². The SMILES string of the molecule is CCOc1ccccc1/C=N\NC(=O)[C@@H](Cc1cnc[nH]1)NC(=O)OCc1ccccc1. The molecule has 0 aliphatic rings. The number of hydrogen-bond acceptors (Lipinski definition) is 6. The summed E-state index contributed by atoms with van der Waals surface area (Å²) in [5.74, 6) is 0.158. The number of para-hydroxylation sites is 1. The van der Waals surface area contributed by atoms with Gasteiger partial charge in [-0.1, -0.05) is 42.5 Å². The lowest BCUT2D eigenvalue weighted by atomic mass is 10.1. The number of amides is 2. The fourth-order valence-corrected chi connectivity index (χ4v) is 2.85. The van der Waals surface area contributed by atoms with Gasteiger partial charge in [0.15, 0.2) is 0 Å². The highest BCUT2D eigenvalue weighted by molar-refractivity contribution is 5.88. The molecule has 1 aromatic heterocycles. The van der Waals surface area contributed by atoms with Crippen molar-refractivity contribution >= 4 is 18.2 Å². The first kappa shape index (κ1) is 22.5. The highest BCUT2D eigenvalue weighted by Crippen LogP contribution is 2.15. The molecule has 0 aliphatic carbocycles. The van der Waals surface area contributed by atoms with Gasteiger partial charge in [-0.05, 0) is 24.6 Å². The molecule has 1 heterocycles. The fourth-order valence-electron chi connectivity index (χ4n) is 2.85. The van der Waals surface area contributed by atoms with Crippen molar-refractivity contribution in [3.8, 4) is 5.75 Å². The van der Waals surface area contributed by atoms with E-state index in [1.807, 2.05) is 61.5 Å². The van der Waals surface area contributed by atoms with Gasteiger partial charge in [-0.25, -0.2) is 15.2 Å². The van der Waals surface area contributed by atoms with Gasteiger partial charge in [0.2, 0.25) is 0 Å². The zero-order valence-electron chi connectivity index (χ0n) is 17.7. The van der Waals surface area contributed by atoms with Gasteiger partial charge < -0.3 is 19.8 Å². The molecule has 0 saturated heterocycles. The van der Waals surface area contributed by atoms with Crippen molar-refractivity contribution in [3.63, 3.8) is 0 Å². The van der Waals surface area contributed by atoms with Crippen molar-refractivity contribution in [3.05, 3.63) is 83.9 Å². The number of ether oxygens (including phenoxy) is 2. The fraction of sp³-hybridized carbons (Fsp3) is 0.217. The maximum Gasteiger partial charge on any atom is 0.408 e. The maximum atomic E-state index is 12.7. The third-order valence-electron chi connectivity index (χ3n) is 4.40. The summed E-state index contributed by atoms with van der Waals surface area (Å²) in [5, 5.41) is 6.60. The van der Waals surface area contributed by atoms with Crippen LogP contribution in [0.2, 0.25) is 0 Å². The molecule has 0 bridgehead atoms. The summed E-state index contributed by atoms with van der Waals surface area (Å²) in [6.07, 6.45) is 4.06. The van der Waals surface area contributed by atoms with Crippen molar-refractivity contribution in [1.29, 1.82) is 0 Å². The number of aromatic nitrogens is 2. The second kappa shape index (κ2) is 11.9. The molecular formula is C23H25N5O4. The van der Waals surface area contributed by atoms with Crippen LogP contribution in [0.1, 0.15) is 23.7 Å². The summed E-state index contributed by atoms with van der Waals surface area (Å²) in [7, 11) is 0. The largest absolute Gasteiger partial charge is 0.493 e.